The number of alkyl carbamates (subject to hydrolysis) is 2. The van der Waals surface area contributed by atoms with Crippen LogP contribution in [-0.2, 0) is 41.4 Å². The molecule has 2 aromatic heterocycles. The number of carbonyl (C=O) groups excluding carboxylic acids is 4. The summed E-state index contributed by atoms with van der Waals surface area (Å²) in [5.41, 5.74) is 8.87. The second kappa shape index (κ2) is 18.0. The van der Waals surface area contributed by atoms with Crippen LogP contribution in [0.2, 0.25) is 0 Å². The minimum Gasteiger partial charge on any atom is -0.453 e. The highest BCUT2D eigenvalue weighted by Gasteiger charge is 2.52. The number of likely N-dealkylation sites (tertiary alicyclic amines) is 2. The monoisotopic (exact) mass is 874 g/mol. The highest BCUT2D eigenvalue weighted by atomic mass is 16.5. The van der Waals surface area contributed by atoms with Crippen molar-refractivity contribution in [1.82, 2.24) is 40.4 Å². The first-order valence-electron chi connectivity index (χ1n) is 23.1. The van der Waals surface area contributed by atoms with Crippen molar-refractivity contribution in [2.75, 3.05) is 47.2 Å². The lowest BCUT2D eigenvalue weighted by Gasteiger charge is -2.39. The number of carbonyl (C=O) groups is 4. The van der Waals surface area contributed by atoms with E-state index in [4.69, 9.17) is 28.9 Å². The number of hydrogen-bond acceptors (Lipinski definition) is 10. The van der Waals surface area contributed by atoms with Gasteiger partial charge in [-0.15, -0.1) is 0 Å². The van der Waals surface area contributed by atoms with Gasteiger partial charge < -0.3 is 49.3 Å². The van der Waals surface area contributed by atoms with E-state index >= 15 is 0 Å². The molecule has 4 N–H and O–H groups in total. The van der Waals surface area contributed by atoms with Gasteiger partial charge in [0.25, 0.3) is 0 Å². The molecule has 6 aliphatic rings. The van der Waals surface area contributed by atoms with Gasteiger partial charge in [-0.1, -0.05) is 24.3 Å². The predicted molar refractivity (Wildman–Crippen MR) is 235 cm³/mol. The number of aryl methyl sites for hydroxylation is 2. The minimum atomic E-state index is -0.683. The average Bonchev–Trinajstić information content (AvgIpc) is 4.21. The largest absolute Gasteiger partial charge is 0.453 e. The van der Waals surface area contributed by atoms with Gasteiger partial charge in [-0.05, 0) is 134 Å². The number of aromatic amines is 2. The van der Waals surface area contributed by atoms with Crippen LogP contribution in [0.1, 0.15) is 92.6 Å². The van der Waals surface area contributed by atoms with E-state index in [2.05, 4.69) is 57.0 Å². The fraction of sp³-hybridized carbons (Fsp3) is 0.542. The van der Waals surface area contributed by atoms with E-state index in [0.717, 1.165) is 79.1 Å². The fourth-order valence-electron chi connectivity index (χ4n) is 11.6. The summed E-state index contributed by atoms with van der Waals surface area (Å²) in [6.45, 7) is 2.86. The molecule has 4 amide bonds. The summed E-state index contributed by atoms with van der Waals surface area (Å²) >= 11 is 0. The zero-order valence-corrected chi connectivity index (χ0v) is 36.6. The molecule has 6 atom stereocenters. The van der Waals surface area contributed by atoms with Gasteiger partial charge in [-0.2, -0.15) is 0 Å². The molecule has 1 unspecified atom stereocenters. The Balaban J connectivity index is 0.843. The molecule has 4 aromatic rings. The molecule has 2 aromatic carbocycles. The summed E-state index contributed by atoms with van der Waals surface area (Å²) in [7, 11) is 2.65. The Kier molecular flexibility index (Phi) is 11.9. The topological polar surface area (TPSA) is 193 Å². The van der Waals surface area contributed by atoms with Crippen LogP contribution in [0.3, 0.4) is 0 Å². The van der Waals surface area contributed by atoms with E-state index in [1.54, 1.807) is 0 Å². The number of H-pyrrole nitrogens is 2. The van der Waals surface area contributed by atoms with Crippen molar-refractivity contribution < 1.29 is 38.1 Å². The molecular weight excluding hydrogens is 817 g/mol. The molecule has 0 spiro atoms. The molecule has 4 aliphatic heterocycles. The van der Waals surface area contributed by atoms with Crippen molar-refractivity contribution in [1.29, 1.82) is 0 Å². The number of imidazole rings is 2. The van der Waals surface area contributed by atoms with Crippen LogP contribution < -0.4 is 10.6 Å². The molecule has 338 valence electrons. The number of rotatable bonds is 10. The molecule has 2 bridgehead atoms. The van der Waals surface area contributed by atoms with Gasteiger partial charge in [0, 0.05) is 39.0 Å². The van der Waals surface area contributed by atoms with Crippen LogP contribution in [0, 0.1) is 17.8 Å². The number of fused-ring (bicyclic) bond motifs is 5. The Morgan fingerprint density at radius 3 is 1.83 bits per heavy atom. The van der Waals surface area contributed by atoms with E-state index < -0.39 is 24.3 Å². The first kappa shape index (κ1) is 42.2. The summed E-state index contributed by atoms with van der Waals surface area (Å²) in [5.74, 6) is 1.63. The lowest BCUT2D eigenvalue weighted by Crippen LogP contribution is -2.55. The van der Waals surface area contributed by atoms with Crippen LogP contribution >= 0.6 is 0 Å². The Labute approximate surface area is 372 Å². The molecule has 16 nitrogen and oxygen atoms in total. The molecule has 4 saturated heterocycles. The number of amides is 4. The SMILES string of the molecule is COC(=O)NC(C(=O)N1[C@@H]2CC[C@@H](C2)[C@H]1c1ncc(-c2ccc3c(c2)CCc2cc(-c4cnc([C@@H]5CCCN5C(=O)[C@@H](NC(=O)OC)C5CCOCC5)[nH]4)ccc2-3)[nH]1)C1CCOCC1. The highest BCUT2D eigenvalue weighted by molar-refractivity contribution is 5.88. The lowest BCUT2D eigenvalue weighted by molar-refractivity contribution is -0.140. The van der Waals surface area contributed by atoms with E-state index in [1.807, 2.05) is 22.2 Å². The Hall–Kier alpha value is -5.74. The first-order valence-corrected chi connectivity index (χ1v) is 23.1. The number of hydrogen-bond donors (Lipinski definition) is 4. The third-order valence-electron chi connectivity index (χ3n) is 14.9. The number of aromatic nitrogens is 4. The Bertz CT molecular complexity index is 2390. The molecule has 16 heteroatoms. The quantitative estimate of drug-likeness (QED) is 0.142. The van der Waals surface area contributed by atoms with E-state index in [0.29, 0.717) is 64.6 Å². The van der Waals surface area contributed by atoms with E-state index in [-0.39, 0.29) is 41.8 Å². The normalized spacial score (nSPS) is 24.2. The maximum absolute atomic E-state index is 14.4. The van der Waals surface area contributed by atoms with Crippen LogP contribution in [0.4, 0.5) is 9.59 Å². The van der Waals surface area contributed by atoms with Gasteiger partial charge in [0.05, 0.1) is 50.1 Å². The van der Waals surface area contributed by atoms with E-state index in [1.165, 1.54) is 36.5 Å². The number of methoxy groups -OCH3 is 2. The molecule has 64 heavy (non-hydrogen) atoms. The van der Waals surface area contributed by atoms with Crippen LogP contribution in [-0.4, -0.2) is 119 Å². The molecule has 10 rings (SSSR count). The molecule has 0 radical (unpaired) electrons. The summed E-state index contributed by atoms with van der Waals surface area (Å²) in [4.78, 5) is 74.1. The molecular formula is C48H58N8O8. The van der Waals surface area contributed by atoms with Gasteiger partial charge in [0.15, 0.2) is 0 Å². The fourth-order valence-corrected chi connectivity index (χ4v) is 11.6. The van der Waals surface area contributed by atoms with Gasteiger partial charge in [0.2, 0.25) is 11.8 Å². The smallest absolute Gasteiger partial charge is 0.407 e. The maximum atomic E-state index is 14.4. The van der Waals surface area contributed by atoms with Gasteiger partial charge in [-0.3, -0.25) is 9.59 Å². The maximum Gasteiger partial charge on any atom is 0.407 e. The molecule has 5 fully saturated rings. The van der Waals surface area contributed by atoms with E-state index in [9.17, 15) is 19.2 Å². The van der Waals surface area contributed by atoms with Crippen molar-refractivity contribution >= 4 is 24.0 Å². The zero-order chi connectivity index (χ0) is 43.9. The zero-order valence-electron chi connectivity index (χ0n) is 36.6. The molecule has 2 aliphatic carbocycles. The average molecular weight is 875 g/mol. The number of nitrogens with zero attached hydrogens (tertiary/aromatic N) is 4. The third-order valence-corrected chi connectivity index (χ3v) is 14.9. The van der Waals surface area contributed by atoms with Gasteiger partial charge in [-0.25, -0.2) is 19.6 Å². The van der Waals surface area contributed by atoms with Gasteiger partial charge in [0.1, 0.15) is 23.7 Å². The lowest BCUT2D eigenvalue weighted by atomic mass is 9.83. The second-order valence-corrected chi connectivity index (χ2v) is 18.3. The number of ether oxygens (including phenoxy) is 4. The van der Waals surface area contributed by atoms with Crippen molar-refractivity contribution in [3.63, 3.8) is 0 Å². The number of nitrogens with one attached hydrogen (secondary N) is 4. The third kappa shape index (κ3) is 8.03. The molecule has 6 heterocycles. The van der Waals surface area contributed by atoms with Crippen LogP contribution in [0.15, 0.2) is 48.8 Å². The van der Waals surface area contributed by atoms with Crippen molar-refractivity contribution in [2.45, 2.75) is 101 Å². The minimum absolute atomic E-state index is 0.0229. The van der Waals surface area contributed by atoms with Crippen LogP contribution in [0.5, 0.6) is 0 Å². The number of benzene rings is 2. The van der Waals surface area contributed by atoms with Crippen molar-refractivity contribution in [3.05, 3.63) is 71.6 Å². The van der Waals surface area contributed by atoms with Crippen LogP contribution in [0.25, 0.3) is 33.6 Å². The summed E-state index contributed by atoms with van der Waals surface area (Å²) < 4.78 is 21.0. The summed E-state index contributed by atoms with van der Waals surface area (Å²) in [6.07, 6.45) is 11.7. The molecule has 1 saturated carbocycles. The number of piperidine rings is 1. The Morgan fingerprint density at radius 1 is 0.703 bits per heavy atom. The van der Waals surface area contributed by atoms with Crippen molar-refractivity contribution in [3.8, 4) is 33.6 Å². The second-order valence-electron chi connectivity index (χ2n) is 18.3. The van der Waals surface area contributed by atoms with Gasteiger partial charge >= 0.3 is 12.2 Å². The summed E-state index contributed by atoms with van der Waals surface area (Å²) in [6, 6.07) is 11.5. The first-order chi connectivity index (χ1) is 31.3. The van der Waals surface area contributed by atoms with Crippen molar-refractivity contribution in [2.24, 2.45) is 17.8 Å². The Morgan fingerprint density at radius 2 is 1.25 bits per heavy atom. The standard InChI is InChI=1S/C48H58N8O8/c1-61-47(59)53-40(27-13-18-63-19-14-27)45(57)55-17-3-4-39(55)43-49-25-37(51-43)31-8-11-35-29(22-31)5-6-30-23-32(9-12-36(30)35)38-26-50-44(52-38)42-33-7-10-34(24-33)56(42)46(58)41(54-48(60)62-2)28-15-20-64-21-16-28/h8-9,11-12,22-23,25-28,33-34,39-42H,3-7,10,13-21,24H2,1-2H3,(H,49,51)(H,50,52)(H,53,59)(H,54,60)/t33-,34+,39-,40-,41?,42-/m0/s1. The summed E-state index contributed by atoms with van der Waals surface area (Å²) in [5, 5.41) is 5.72. The highest BCUT2D eigenvalue weighted by Crippen LogP contribution is 2.50. The predicted octanol–water partition coefficient (Wildman–Crippen LogP) is 6.25.